The number of thiocarbonyl (C=S) groups is 2. The summed E-state index contributed by atoms with van der Waals surface area (Å²) in [6.07, 6.45) is 1.58. The third-order valence-corrected chi connectivity index (χ3v) is 1.51. The number of rotatable bonds is 3. The van der Waals surface area contributed by atoms with Crippen LogP contribution in [0.4, 0.5) is 0 Å². The molecule has 1 rings (SSSR count). The molecule has 0 aromatic heterocycles. The summed E-state index contributed by atoms with van der Waals surface area (Å²) in [6.45, 7) is 3.79. The van der Waals surface area contributed by atoms with E-state index in [-0.39, 0.29) is 29.8 Å². The third kappa shape index (κ3) is 13.0. The summed E-state index contributed by atoms with van der Waals surface area (Å²) < 4.78 is 9.51. The molecule has 4 nitrogen and oxygen atoms in total. The van der Waals surface area contributed by atoms with Crippen LogP contribution in [-0.2, 0) is 24.2 Å². The van der Waals surface area contributed by atoms with Crippen molar-refractivity contribution >= 4 is 34.8 Å². The molecule has 0 heterocycles. The first-order valence-corrected chi connectivity index (χ1v) is 5.43. The number of nitrogens with two attached hydrogens (primary N) is 2. The maximum atomic E-state index is 5.13. The molecular weight excluding hydrogens is 322 g/mol. The largest absolute Gasteiger partial charge is 0.467 e. The fourth-order valence-electron chi connectivity index (χ4n) is 0.746. The summed E-state index contributed by atoms with van der Waals surface area (Å²) in [6, 6.07) is 9.19. The zero-order valence-corrected chi connectivity index (χ0v) is 14.5. The molecule has 0 amide bonds. The van der Waals surface area contributed by atoms with Crippen molar-refractivity contribution in [2.24, 2.45) is 11.5 Å². The van der Waals surface area contributed by atoms with E-state index < -0.39 is 0 Å². The first-order valence-electron chi connectivity index (χ1n) is 4.61. The minimum absolute atomic E-state index is 0. The van der Waals surface area contributed by atoms with Gasteiger partial charge in [0.2, 0.25) is 0 Å². The van der Waals surface area contributed by atoms with E-state index in [0.29, 0.717) is 12.4 Å². The molecule has 94 valence electrons. The van der Waals surface area contributed by atoms with Gasteiger partial charge in [0.25, 0.3) is 10.3 Å². The van der Waals surface area contributed by atoms with Crippen molar-refractivity contribution in [2.75, 3.05) is 6.61 Å². The Bertz CT molecular complexity index is 375. The minimum atomic E-state index is 0. The standard InChI is InChI=1S/C7H7NOS.C4H7NOS.Zn/c8-7(10)9-6-4-2-1-3-5-6;1-2-3-6-4(5)7;/h1-5H,(H2,8,10);2H,1,3H2,(H2,5,7);. The van der Waals surface area contributed by atoms with E-state index >= 15 is 0 Å². The van der Waals surface area contributed by atoms with E-state index in [0.717, 1.165) is 0 Å². The number of hydrogen-bond acceptors (Lipinski definition) is 4. The topological polar surface area (TPSA) is 70.5 Å². The molecule has 18 heavy (non-hydrogen) atoms. The first kappa shape index (κ1) is 19.3. The van der Waals surface area contributed by atoms with Crippen LogP contribution in [-0.4, -0.2) is 17.0 Å². The molecule has 0 aliphatic rings. The second-order valence-electron chi connectivity index (χ2n) is 2.65. The van der Waals surface area contributed by atoms with Gasteiger partial charge in [-0.2, -0.15) is 0 Å². The maximum Gasteiger partial charge on any atom is 0.259 e. The number of ether oxygens (including phenoxy) is 2. The van der Waals surface area contributed by atoms with Crippen molar-refractivity contribution in [3.05, 3.63) is 43.0 Å². The third-order valence-electron chi connectivity index (χ3n) is 1.31. The van der Waals surface area contributed by atoms with Crippen molar-refractivity contribution in [1.29, 1.82) is 0 Å². The van der Waals surface area contributed by atoms with Gasteiger partial charge in [0.1, 0.15) is 12.4 Å². The monoisotopic (exact) mass is 334 g/mol. The van der Waals surface area contributed by atoms with Crippen molar-refractivity contribution in [2.45, 2.75) is 0 Å². The van der Waals surface area contributed by atoms with Gasteiger partial charge < -0.3 is 20.9 Å². The maximum absolute atomic E-state index is 5.13. The Morgan fingerprint density at radius 3 is 2.06 bits per heavy atom. The van der Waals surface area contributed by atoms with Crippen LogP contribution in [0.25, 0.3) is 0 Å². The molecule has 0 saturated heterocycles. The van der Waals surface area contributed by atoms with Crippen molar-refractivity contribution < 1.29 is 29.0 Å². The van der Waals surface area contributed by atoms with Crippen LogP contribution < -0.4 is 16.2 Å². The van der Waals surface area contributed by atoms with Gasteiger partial charge in [-0.3, -0.25) is 0 Å². The summed E-state index contributed by atoms with van der Waals surface area (Å²) >= 11 is 8.90. The van der Waals surface area contributed by atoms with Crippen LogP contribution in [0.2, 0.25) is 0 Å². The molecular formula is C11H14N2O2S2Zn. The van der Waals surface area contributed by atoms with Crippen molar-refractivity contribution in [3.8, 4) is 5.75 Å². The number of benzene rings is 1. The van der Waals surface area contributed by atoms with Gasteiger partial charge in [-0.05, 0) is 36.6 Å². The molecule has 0 fully saturated rings. The normalized spacial score (nSPS) is 7.78. The Morgan fingerprint density at radius 1 is 1.17 bits per heavy atom. The second kappa shape index (κ2) is 12.4. The summed E-state index contributed by atoms with van der Waals surface area (Å²) in [5.41, 5.74) is 10.1. The minimum Gasteiger partial charge on any atom is -0.467 e. The van der Waals surface area contributed by atoms with Gasteiger partial charge in [-0.15, -0.1) is 0 Å². The van der Waals surface area contributed by atoms with E-state index in [4.69, 9.17) is 16.2 Å². The summed E-state index contributed by atoms with van der Waals surface area (Å²) in [4.78, 5) is 0. The molecule has 0 aliphatic heterocycles. The Hall–Kier alpha value is -1.04. The van der Waals surface area contributed by atoms with Crippen LogP contribution in [0.15, 0.2) is 43.0 Å². The molecule has 1 aromatic rings. The van der Waals surface area contributed by atoms with Crippen molar-refractivity contribution in [3.63, 3.8) is 0 Å². The van der Waals surface area contributed by atoms with Crippen LogP contribution in [0.5, 0.6) is 5.75 Å². The Kier molecular flexibility index (Phi) is 13.3. The molecule has 1 aromatic carbocycles. The fraction of sp³-hybridized carbons (Fsp3) is 0.0909. The summed E-state index contributed by atoms with van der Waals surface area (Å²) in [7, 11) is 0. The average Bonchev–Trinajstić information content (AvgIpc) is 2.27. The smallest absolute Gasteiger partial charge is 0.259 e. The molecule has 0 spiro atoms. The Morgan fingerprint density at radius 2 is 1.72 bits per heavy atom. The SMILES string of the molecule is C=CCOC(N)=S.NC(=S)Oc1ccccc1.[Zn]. The molecule has 0 unspecified atom stereocenters. The molecule has 0 atom stereocenters. The zero-order valence-electron chi connectivity index (χ0n) is 9.87. The molecule has 4 N–H and O–H groups in total. The van der Waals surface area contributed by atoms with Gasteiger partial charge in [0.15, 0.2) is 0 Å². The Balaban J connectivity index is 0. The molecule has 0 saturated carbocycles. The van der Waals surface area contributed by atoms with Gasteiger partial charge in [0, 0.05) is 19.5 Å². The van der Waals surface area contributed by atoms with Gasteiger partial charge in [-0.25, -0.2) is 0 Å². The van der Waals surface area contributed by atoms with Crippen molar-refractivity contribution in [1.82, 2.24) is 0 Å². The summed E-state index contributed by atoms with van der Waals surface area (Å²) in [5, 5.41) is 0.117. The molecule has 0 bridgehead atoms. The van der Waals surface area contributed by atoms with Crippen LogP contribution >= 0.6 is 24.4 Å². The molecule has 7 heteroatoms. The van der Waals surface area contributed by atoms with Gasteiger partial charge in [0.05, 0.1) is 0 Å². The van der Waals surface area contributed by atoms with E-state index in [9.17, 15) is 0 Å². The van der Waals surface area contributed by atoms with Crippen LogP contribution in [0.3, 0.4) is 0 Å². The van der Waals surface area contributed by atoms with E-state index in [1.54, 1.807) is 18.2 Å². The quantitative estimate of drug-likeness (QED) is 0.498. The summed E-state index contributed by atoms with van der Waals surface area (Å²) in [5.74, 6) is 0.676. The van der Waals surface area contributed by atoms with Gasteiger partial charge >= 0.3 is 0 Å². The number of para-hydroxylation sites is 1. The first-order chi connectivity index (χ1) is 8.06. The van der Waals surface area contributed by atoms with Gasteiger partial charge in [-0.1, -0.05) is 30.9 Å². The predicted molar refractivity (Wildman–Crippen MR) is 76.8 cm³/mol. The Labute approximate surface area is 130 Å². The zero-order chi connectivity index (χ0) is 13.1. The molecule has 0 radical (unpaired) electrons. The number of hydrogen-bond donors (Lipinski definition) is 2. The second-order valence-corrected chi connectivity index (χ2v) is 3.46. The molecule has 0 aliphatic carbocycles. The average molecular weight is 336 g/mol. The fourth-order valence-corrected chi connectivity index (χ4v) is 0.910. The van der Waals surface area contributed by atoms with E-state index in [1.807, 2.05) is 18.2 Å². The van der Waals surface area contributed by atoms with Crippen LogP contribution in [0.1, 0.15) is 0 Å². The predicted octanol–water partition coefficient (Wildman–Crippen LogP) is 1.74. The van der Waals surface area contributed by atoms with E-state index in [1.165, 1.54) is 0 Å². The van der Waals surface area contributed by atoms with Crippen LogP contribution in [0, 0.1) is 0 Å². The van der Waals surface area contributed by atoms with E-state index in [2.05, 4.69) is 35.8 Å².